The lowest BCUT2D eigenvalue weighted by atomic mass is 9.76. The number of anilines is 1. The standard InChI is InChI=1S/C38H50N2OS4/c1-4-42-20-22-44-18-16-39(17-19-45-23-21-43-5-2)28-30-8-11-35(29(3)24-30)38-36-12-9-33(40-14-6-7-15-40)26-31(36)25-32-27-34(41)10-13-37(32)38/h8-13,24,26-27H,4-7,14-23,25,28H2,1-3H3. The number of fused-ring (bicyclic) bond motifs is 2. The largest absolute Gasteiger partial charge is 0.372 e. The second kappa shape index (κ2) is 18.1. The molecule has 1 saturated heterocycles. The first-order valence-electron chi connectivity index (χ1n) is 16.8. The third-order valence-electron chi connectivity index (χ3n) is 8.78. The number of aryl methyl sites for hydroxylation is 1. The Morgan fingerprint density at radius 2 is 1.44 bits per heavy atom. The fraction of sp³-hybridized carbons (Fsp3) is 0.500. The number of ketones is 1. The molecule has 1 fully saturated rings. The monoisotopic (exact) mass is 678 g/mol. The van der Waals surface area contributed by atoms with Crippen LogP contribution in [-0.2, 0) is 17.8 Å². The molecule has 0 aromatic heterocycles. The molecule has 2 aromatic rings. The van der Waals surface area contributed by atoms with Crippen molar-refractivity contribution in [2.45, 2.75) is 46.6 Å². The van der Waals surface area contributed by atoms with E-state index in [1.165, 1.54) is 104 Å². The molecule has 7 heteroatoms. The van der Waals surface area contributed by atoms with Gasteiger partial charge in [0.2, 0.25) is 0 Å². The normalized spacial score (nSPS) is 16.0. The third kappa shape index (κ3) is 9.76. The van der Waals surface area contributed by atoms with Crippen molar-refractivity contribution in [1.29, 1.82) is 0 Å². The Bertz CT molecular complexity index is 1380. The van der Waals surface area contributed by atoms with Crippen molar-refractivity contribution in [2.24, 2.45) is 0 Å². The number of hydrogen-bond acceptors (Lipinski definition) is 7. The number of carbonyl (C=O) groups is 1. The van der Waals surface area contributed by atoms with Crippen LogP contribution in [0.3, 0.4) is 0 Å². The van der Waals surface area contributed by atoms with Gasteiger partial charge in [0, 0.05) is 72.9 Å². The van der Waals surface area contributed by atoms with Crippen molar-refractivity contribution in [2.75, 3.05) is 77.1 Å². The van der Waals surface area contributed by atoms with Crippen LogP contribution in [0.25, 0.3) is 5.57 Å². The van der Waals surface area contributed by atoms with Crippen LogP contribution in [0.2, 0.25) is 0 Å². The van der Waals surface area contributed by atoms with Crippen molar-refractivity contribution in [3.8, 4) is 0 Å². The van der Waals surface area contributed by atoms with Gasteiger partial charge in [-0.1, -0.05) is 44.2 Å². The van der Waals surface area contributed by atoms with Crippen LogP contribution >= 0.6 is 47.0 Å². The Balaban J connectivity index is 1.34. The molecule has 0 saturated carbocycles. The minimum absolute atomic E-state index is 0.101. The zero-order valence-corrected chi connectivity index (χ0v) is 30.7. The number of hydrogen-bond donors (Lipinski definition) is 0. The van der Waals surface area contributed by atoms with Gasteiger partial charge in [-0.25, -0.2) is 0 Å². The molecule has 1 aliphatic heterocycles. The minimum atomic E-state index is 0.101. The van der Waals surface area contributed by atoms with Crippen LogP contribution in [0.4, 0.5) is 5.69 Å². The molecule has 0 bridgehead atoms. The number of nitrogens with zero attached hydrogens (tertiary/aromatic N) is 2. The topological polar surface area (TPSA) is 23.6 Å². The van der Waals surface area contributed by atoms with E-state index in [1.54, 1.807) is 6.08 Å². The van der Waals surface area contributed by atoms with Gasteiger partial charge in [0.15, 0.2) is 5.78 Å². The number of rotatable bonds is 18. The van der Waals surface area contributed by atoms with Crippen LogP contribution in [-0.4, -0.2) is 82.9 Å². The summed E-state index contributed by atoms with van der Waals surface area (Å²) in [5.74, 6) is 9.94. The van der Waals surface area contributed by atoms with Crippen molar-refractivity contribution >= 4 is 64.1 Å². The highest BCUT2D eigenvalue weighted by molar-refractivity contribution is 8.03. The van der Waals surface area contributed by atoms with Gasteiger partial charge in [0.05, 0.1) is 0 Å². The lowest BCUT2D eigenvalue weighted by Crippen LogP contribution is -2.28. The maximum absolute atomic E-state index is 12.4. The van der Waals surface area contributed by atoms with E-state index in [0.29, 0.717) is 0 Å². The Hall–Kier alpha value is -1.51. The number of benzene rings is 2. The van der Waals surface area contributed by atoms with E-state index in [2.05, 4.69) is 96.6 Å². The summed E-state index contributed by atoms with van der Waals surface area (Å²) in [5.41, 5.74) is 11.6. The summed E-state index contributed by atoms with van der Waals surface area (Å²) in [6, 6.07) is 14.2. The van der Waals surface area contributed by atoms with E-state index < -0.39 is 0 Å². The minimum Gasteiger partial charge on any atom is -0.372 e. The molecule has 0 radical (unpaired) electrons. The van der Waals surface area contributed by atoms with Crippen molar-refractivity contribution in [1.82, 2.24) is 4.90 Å². The van der Waals surface area contributed by atoms with Crippen LogP contribution in [0, 0.1) is 6.92 Å². The smallest absolute Gasteiger partial charge is 0.178 e. The highest BCUT2D eigenvalue weighted by atomic mass is 32.2. The number of thioether (sulfide) groups is 4. The predicted octanol–water partition coefficient (Wildman–Crippen LogP) is 8.79. The Labute approximate surface area is 289 Å². The number of allylic oxidation sites excluding steroid dienone is 5. The fourth-order valence-corrected chi connectivity index (χ4v) is 10.1. The summed E-state index contributed by atoms with van der Waals surface area (Å²) >= 11 is 8.30. The van der Waals surface area contributed by atoms with Crippen molar-refractivity contribution in [3.05, 3.63) is 93.6 Å². The van der Waals surface area contributed by atoms with Gasteiger partial charge in [0.25, 0.3) is 0 Å². The summed E-state index contributed by atoms with van der Waals surface area (Å²) in [6.45, 7) is 12.3. The quantitative estimate of drug-likeness (QED) is 0.145. The van der Waals surface area contributed by atoms with E-state index in [1.807, 2.05) is 29.6 Å². The van der Waals surface area contributed by atoms with Gasteiger partial charge in [-0.3, -0.25) is 9.69 Å². The van der Waals surface area contributed by atoms with Gasteiger partial charge < -0.3 is 4.90 Å². The number of carbonyl (C=O) groups excluding carboxylic acids is 1. The molecule has 0 amide bonds. The second-order valence-electron chi connectivity index (χ2n) is 12.0. The Morgan fingerprint density at radius 3 is 2.11 bits per heavy atom. The summed E-state index contributed by atoms with van der Waals surface area (Å²) in [5, 5.41) is 0. The fourth-order valence-electron chi connectivity index (χ4n) is 6.49. The molecule has 2 aliphatic carbocycles. The van der Waals surface area contributed by atoms with Gasteiger partial charge in [-0.2, -0.15) is 47.0 Å². The summed E-state index contributed by atoms with van der Waals surface area (Å²) in [4.78, 5) is 17.6. The first-order chi connectivity index (χ1) is 22.1. The SMILES string of the molecule is CCSCCSCCN(CCSCCSCC)Cc1ccc(C2=C3C=CC(=O)C=C3Cc3cc(N4CCCC4)ccc32)c(C)c1. The van der Waals surface area contributed by atoms with E-state index in [-0.39, 0.29) is 5.78 Å². The van der Waals surface area contributed by atoms with E-state index in [4.69, 9.17) is 0 Å². The molecule has 3 aliphatic rings. The third-order valence-corrected chi connectivity index (χ3v) is 13.0. The lowest BCUT2D eigenvalue weighted by Gasteiger charge is -2.29. The van der Waals surface area contributed by atoms with Crippen LogP contribution < -0.4 is 4.90 Å². The molecule has 3 nitrogen and oxygen atoms in total. The van der Waals surface area contributed by atoms with Crippen LogP contribution in [0.15, 0.2) is 65.8 Å². The summed E-state index contributed by atoms with van der Waals surface area (Å²) in [6.07, 6.45) is 9.03. The molecule has 2 aromatic carbocycles. The molecule has 0 unspecified atom stereocenters. The first-order valence-corrected chi connectivity index (χ1v) is 21.4. The average molecular weight is 679 g/mol. The summed E-state index contributed by atoms with van der Waals surface area (Å²) in [7, 11) is 0. The molecule has 45 heavy (non-hydrogen) atoms. The van der Waals surface area contributed by atoms with Gasteiger partial charge in [0.1, 0.15) is 0 Å². The first kappa shape index (κ1) is 34.8. The van der Waals surface area contributed by atoms with Crippen molar-refractivity contribution < 1.29 is 4.79 Å². The van der Waals surface area contributed by atoms with E-state index in [9.17, 15) is 4.79 Å². The Kier molecular flexibility index (Phi) is 14.0. The highest BCUT2D eigenvalue weighted by Crippen LogP contribution is 2.43. The van der Waals surface area contributed by atoms with Gasteiger partial charge in [-0.05, 0) is 107 Å². The van der Waals surface area contributed by atoms with Crippen LogP contribution in [0.1, 0.15) is 54.5 Å². The molecule has 0 spiro atoms. The van der Waals surface area contributed by atoms with E-state index in [0.717, 1.165) is 44.7 Å². The molecule has 0 atom stereocenters. The van der Waals surface area contributed by atoms with Gasteiger partial charge >= 0.3 is 0 Å². The molecule has 0 N–H and O–H groups in total. The lowest BCUT2D eigenvalue weighted by molar-refractivity contribution is -0.110. The molecule has 5 rings (SSSR count). The van der Waals surface area contributed by atoms with Gasteiger partial charge in [-0.15, -0.1) is 0 Å². The predicted molar refractivity (Wildman–Crippen MR) is 207 cm³/mol. The second-order valence-corrected chi connectivity index (χ2v) is 17.2. The van der Waals surface area contributed by atoms with Crippen LogP contribution in [0.5, 0.6) is 0 Å². The van der Waals surface area contributed by atoms with Crippen molar-refractivity contribution in [3.63, 3.8) is 0 Å². The highest BCUT2D eigenvalue weighted by Gasteiger charge is 2.27. The molecule has 242 valence electrons. The molecular formula is C38H50N2OS4. The zero-order chi connectivity index (χ0) is 31.4. The molecular weight excluding hydrogens is 629 g/mol. The Morgan fingerprint density at radius 1 is 0.778 bits per heavy atom. The average Bonchev–Trinajstić information content (AvgIpc) is 3.58. The maximum Gasteiger partial charge on any atom is 0.178 e. The molecule has 1 heterocycles. The maximum atomic E-state index is 12.4. The summed E-state index contributed by atoms with van der Waals surface area (Å²) < 4.78 is 0. The van der Waals surface area contributed by atoms with E-state index >= 15 is 0 Å². The zero-order valence-electron chi connectivity index (χ0n) is 27.4.